The molecule has 5 rings (SSSR count). The highest BCUT2D eigenvalue weighted by molar-refractivity contribution is 5.84. The molecule has 136 valence electrons. The van der Waals surface area contributed by atoms with E-state index in [1.165, 1.54) is 0 Å². The molecule has 0 spiro atoms. The van der Waals surface area contributed by atoms with Crippen molar-refractivity contribution in [1.82, 2.24) is 24.9 Å². The van der Waals surface area contributed by atoms with Gasteiger partial charge in [0.1, 0.15) is 5.52 Å². The lowest BCUT2D eigenvalue weighted by atomic mass is 9.99. The normalized spacial score (nSPS) is 20.0. The van der Waals surface area contributed by atoms with Gasteiger partial charge in [-0.2, -0.15) is 9.97 Å². The van der Waals surface area contributed by atoms with Gasteiger partial charge in [-0.15, -0.1) is 0 Å². The second-order valence-electron chi connectivity index (χ2n) is 6.94. The molecule has 1 saturated heterocycles. The molecule has 0 saturated carbocycles. The van der Waals surface area contributed by atoms with Crippen LogP contribution in [0.25, 0.3) is 22.1 Å². The number of pyridine rings is 1. The average molecular weight is 361 g/mol. The number of hydrogen-bond donors (Lipinski definition) is 3. The number of fused-ring (bicyclic) bond motifs is 2. The highest BCUT2D eigenvalue weighted by Gasteiger charge is 2.33. The molecule has 0 radical (unpaired) electrons. The Balaban J connectivity index is 1.41. The standard InChI is InChI=1S/C19H19N7O/c20-19-24-17-16(21-10-22-17)18(25-19)26-8-12(15(27)9-26)7-13-6-5-11-3-1-2-4-14(11)23-13/h1-6,10,12,15,27H,7-9H2,(H3,20,21,22,24,25)/t12-,15-/m1/s1. The fraction of sp³-hybridized carbons (Fsp3) is 0.263. The van der Waals surface area contributed by atoms with E-state index in [-0.39, 0.29) is 11.9 Å². The number of anilines is 2. The van der Waals surface area contributed by atoms with Crippen LogP contribution in [0.15, 0.2) is 42.7 Å². The summed E-state index contributed by atoms with van der Waals surface area (Å²) in [6, 6.07) is 12.2. The number of aromatic amines is 1. The molecule has 2 atom stereocenters. The lowest BCUT2D eigenvalue weighted by Gasteiger charge is -2.17. The fourth-order valence-corrected chi connectivity index (χ4v) is 3.78. The molecule has 0 aliphatic carbocycles. The predicted octanol–water partition coefficient (Wildman–Crippen LogP) is 1.52. The zero-order valence-corrected chi connectivity index (χ0v) is 14.6. The number of nitrogens with two attached hydrogens (primary N) is 1. The molecule has 3 aromatic heterocycles. The summed E-state index contributed by atoms with van der Waals surface area (Å²) in [4.78, 5) is 22.5. The number of aliphatic hydroxyl groups is 1. The van der Waals surface area contributed by atoms with E-state index in [2.05, 4.69) is 26.0 Å². The molecule has 0 bridgehead atoms. The molecule has 4 aromatic rings. The van der Waals surface area contributed by atoms with Crippen molar-refractivity contribution >= 4 is 33.8 Å². The molecular formula is C19H19N7O. The summed E-state index contributed by atoms with van der Waals surface area (Å²) in [7, 11) is 0. The van der Waals surface area contributed by atoms with Crippen LogP contribution >= 0.6 is 0 Å². The van der Waals surface area contributed by atoms with Gasteiger partial charge in [0.25, 0.3) is 0 Å². The first-order valence-corrected chi connectivity index (χ1v) is 8.91. The van der Waals surface area contributed by atoms with Gasteiger partial charge < -0.3 is 20.7 Å². The van der Waals surface area contributed by atoms with Gasteiger partial charge >= 0.3 is 0 Å². The van der Waals surface area contributed by atoms with Crippen LogP contribution in [-0.2, 0) is 6.42 Å². The first-order valence-electron chi connectivity index (χ1n) is 8.91. The molecule has 8 nitrogen and oxygen atoms in total. The summed E-state index contributed by atoms with van der Waals surface area (Å²) in [6.45, 7) is 1.16. The van der Waals surface area contributed by atoms with Crippen LogP contribution in [0.1, 0.15) is 5.69 Å². The molecule has 8 heteroatoms. The van der Waals surface area contributed by atoms with Gasteiger partial charge in [-0.25, -0.2) is 4.98 Å². The van der Waals surface area contributed by atoms with E-state index in [1.54, 1.807) is 6.33 Å². The first-order chi connectivity index (χ1) is 13.2. The van der Waals surface area contributed by atoms with Gasteiger partial charge in [-0.3, -0.25) is 4.98 Å². The zero-order valence-electron chi connectivity index (χ0n) is 14.6. The zero-order chi connectivity index (χ0) is 18.4. The molecule has 0 unspecified atom stereocenters. The van der Waals surface area contributed by atoms with Gasteiger partial charge in [0, 0.05) is 30.1 Å². The number of H-pyrrole nitrogens is 1. The number of nitrogens with zero attached hydrogens (tertiary/aromatic N) is 5. The minimum Gasteiger partial charge on any atom is -0.391 e. The van der Waals surface area contributed by atoms with Crippen LogP contribution in [0.3, 0.4) is 0 Å². The van der Waals surface area contributed by atoms with Crippen LogP contribution in [0.4, 0.5) is 11.8 Å². The van der Waals surface area contributed by atoms with Crippen molar-refractivity contribution in [3.05, 3.63) is 48.4 Å². The van der Waals surface area contributed by atoms with Gasteiger partial charge in [0.15, 0.2) is 11.5 Å². The Bertz CT molecular complexity index is 1130. The van der Waals surface area contributed by atoms with Crippen molar-refractivity contribution < 1.29 is 5.11 Å². The Morgan fingerprint density at radius 3 is 2.93 bits per heavy atom. The first kappa shape index (κ1) is 16.0. The number of imidazole rings is 1. The third-order valence-electron chi connectivity index (χ3n) is 5.12. The van der Waals surface area contributed by atoms with Crippen LogP contribution in [0.2, 0.25) is 0 Å². The number of nitrogens with one attached hydrogen (secondary N) is 1. The van der Waals surface area contributed by atoms with Gasteiger partial charge in [-0.05, 0) is 18.6 Å². The van der Waals surface area contributed by atoms with E-state index in [4.69, 9.17) is 10.7 Å². The molecular weight excluding hydrogens is 342 g/mol. The molecule has 0 amide bonds. The maximum atomic E-state index is 10.6. The van der Waals surface area contributed by atoms with Crippen molar-refractivity contribution in [3.8, 4) is 0 Å². The Kier molecular flexibility index (Phi) is 3.64. The van der Waals surface area contributed by atoms with E-state index in [0.717, 1.165) is 22.1 Å². The SMILES string of the molecule is Nc1nc(N2C[C@@H](Cc3ccc4ccccc4n3)[C@H](O)C2)c2[nH]cnc2n1. The van der Waals surface area contributed by atoms with Crippen molar-refractivity contribution in [2.75, 3.05) is 23.7 Å². The average Bonchev–Trinajstić information content (AvgIpc) is 3.28. The number of hydrogen-bond acceptors (Lipinski definition) is 7. The van der Waals surface area contributed by atoms with Crippen LogP contribution in [0.5, 0.6) is 0 Å². The van der Waals surface area contributed by atoms with Crippen molar-refractivity contribution in [2.24, 2.45) is 5.92 Å². The maximum Gasteiger partial charge on any atom is 0.224 e. The molecule has 1 fully saturated rings. The third-order valence-corrected chi connectivity index (χ3v) is 5.12. The molecule has 4 N–H and O–H groups in total. The minimum absolute atomic E-state index is 0.0628. The summed E-state index contributed by atoms with van der Waals surface area (Å²) >= 11 is 0. The number of aromatic nitrogens is 5. The number of rotatable bonds is 3. The van der Waals surface area contributed by atoms with Crippen molar-refractivity contribution in [2.45, 2.75) is 12.5 Å². The van der Waals surface area contributed by atoms with Crippen molar-refractivity contribution in [1.29, 1.82) is 0 Å². The lowest BCUT2D eigenvalue weighted by Crippen LogP contribution is -2.23. The largest absolute Gasteiger partial charge is 0.391 e. The fourth-order valence-electron chi connectivity index (χ4n) is 3.78. The van der Waals surface area contributed by atoms with E-state index >= 15 is 0 Å². The van der Waals surface area contributed by atoms with E-state index in [9.17, 15) is 5.11 Å². The Morgan fingerprint density at radius 1 is 1.11 bits per heavy atom. The molecule has 1 aliphatic heterocycles. The van der Waals surface area contributed by atoms with Crippen LogP contribution < -0.4 is 10.6 Å². The number of nitrogen functional groups attached to an aromatic ring is 1. The molecule has 4 heterocycles. The molecule has 1 aromatic carbocycles. The van der Waals surface area contributed by atoms with E-state index in [1.807, 2.05) is 35.2 Å². The van der Waals surface area contributed by atoms with E-state index in [0.29, 0.717) is 31.0 Å². The maximum absolute atomic E-state index is 10.6. The summed E-state index contributed by atoms with van der Waals surface area (Å²) in [5.41, 5.74) is 9.05. The van der Waals surface area contributed by atoms with Crippen molar-refractivity contribution in [3.63, 3.8) is 0 Å². The third kappa shape index (κ3) is 2.83. The predicted molar refractivity (Wildman–Crippen MR) is 103 cm³/mol. The second-order valence-corrected chi connectivity index (χ2v) is 6.94. The van der Waals surface area contributed by atoms with Gasteiger partial charge in [-0.1, -0.05) is 24.3 Å². The summed E-state index contributed by atoms with van der Waals surface area (Å²) in [5.74, 6) is 0.926. The Hall–Kier alpha value is -3.26. The number of β-amino-alcohol motifs (C(OH)–C–C–N with tert-alkyl or cyclic N) is 1. The second kappa shape index (κ2) is 6.17. The molecule has 27 heavy (non-hydrogen) atoms. The summed E-state index contributed by atoms with van der Waals surface area (Å²) in [5, 5.41) is 11.7. The highest BCUT2D eigenvalue weighted by atomic mass is 16.3. The van der Waals surface area contributed by atoms with Crippen LogP contribution in [0, 0.1) is 5.92 Å². The smallest absolute Gasteiger partial charge is 0.224 e. The van der Waals surface area contributed by atoms with Gasteiger partial charge in [0.2, 0.25) is 5.95 Å². The Labute approximate surface area is 155 Å². The van der Waals surface area contributed by atoms with E-state index < -0.39 is 6.10 Å². The van der Waals surface area contributed by atoms with Crippen LogP contribution in [-0.4, -0.2) is 49.2 Å². The molecule has 1 aliphatic rings. The summed E-state index contributed by atoms with van der Waals surface area (Å²) in [6.07, 6.45) is 1.81. The quantitative estimate of drug-likeness (QED) is 0.506. The lowest BCUT2D eigenvalue weighted by molar-refractivity contribution is 0.148. The number of para-hydroxylation sites is 1. The highest BCUT2D eigenvalue weighted by Crippen LogP contribution is 2.29. The van der Waals surface area contributed by atoms with Gasteiger partial charge in [0.05, 0.1) is 17.9 Å². The summed E-state index contributed by atoms with van der Waals surface area (Å²) < 4.78 is 0. The number of benzene rings is 1. The topological polar surface area (TPSA) is 117 Å². The minimum atomic E-state index is -0.465. The number of aliphatic hydroxyl groups excluding tert-OH is 1. The Morgan fingerprint density at radius 2 is 2.00 bits per heavy atom. The monoisotopic (exact) mass is 361 g/mol.